The molecule has 0 unspecified atom stereocenters. The minimum Gasteiger partial charge on any atom is -0.396 e. The molecule has 0 bridgehead atoms. The fourth-order valence-electron chi connectivity index (χ4n) is 1.11. The summed E-state index contributed by atoms with van der Waals surface area (Å²) in [4.78, 5) is 4.13. The van der Waals surface area contributed by atoms with Gasteiger partial charge in [-0.3, -0.25) is 0 Å². The van der Waals surface area contributed by atoms with E-state index in [1.165, 1.54) is 0 Å². The van der Waals surface area contributed by atoms with Gasteiger partial charge in [0.05, 0.1) is 6.61 Å². The Morgan fingerprint density at radius 1 is 1.64 bits per heavy atom. The number of aliphatic hydroxyl groups is 1. The van der Waals surface area contributed by atoms with Crippen LogP contribution in [0.25, 0.3) is 0 Å². The molecule has 11 heavy (non-hydrogen) atoms. The average Bonchev–Trinajstić information content (AvgIpc) is 2.39. The lowest BCUT2D eigenvalue weighted by Crippen LogP contribution is -2.04. The van der Waals surface area contributed by atoms with Crippen LogP contribution in [0.4, 0.5) is 0 Å². The van der Waals surface area contributed by atoms with Crippen LogP contribution in [0.2, 0.25) is 0 Å². The number of aliphatic hydroxyl groups excluding tert-OH is 1. The van der Waals surface area contributed by atoms with Crippen LogP contribution in [0.1, 0.15) is 19.2 Å². The van der Waals surface area contributed by atoms with Crippen molar-refractivity contribution in [3.63, 3.8) is 0 Å². The molecule has 0 atom stereocenters. The average molecular weight is 154 g/mol. The van der Waals surface area contributed by atoms with Gasteiger partial charge in [0.2, 0.25) is 0 Å². The zero-order valence-corrected chi connectivity index (χ0v) is 6.82. The molecule has 0 aliphatic carbocycles. The van der Waals surface area contributed by atoms with E-state index in [0.717, 1.165) is 18.8 Å². The molecule has 1 N–H and O–H groups in total. The van der Waals surface area contributed by atoms with Gasteiger partial charge in [0.25, 0.3) is 0 Å². The largest absolute Gasteiger partial charge is 0.396 e. The first-order valence-electron chi connectivity index (χ1n) is 3.99. The van der Waals surface area contributed by atoms with Gasteiger partial charge in [0.1, 0.15) is 5.82 Å². The van der Waals surface area contributed by atoms with Crippen molar-refractivity contribution in [3.05, 3.63) is 18.2 Å². The molecule has 0 aliphatic heterocycles. The monoisotopic (exact) mass is 154 g/mol. The highest BCUT2D eigenvalue weighted by Gasteiger charge is 1.98. The Hall–Kier alpha value is -0.830. The summed E-state index contributed by atoms with van der Waals surface area (Å²) in [5, 5.41) is 8.68. The van der Waals surface area contributed by atoms with Crippen molar-refractivity contribution in [1.29, 1.82) is 0 Å². The maximum Gasteiger partial charge on any atom is 0.110 e. The molecule has 1 aromatic rings. The third-order valence-corrected chi connectivity index (χ3v) is 1.60. The zero-order valence-electron chi connectivity index (χ0n) is 6.82. The van der Waals surface area contributed by atoms with Crippen molar-refractivity contribution < 1.29 is 5.11 Å². The smallest absolute Gasteiger partial charge is 0.110 e. The van der Waals surface area contributed by atoms with Crippen LogP contribution in [0.15, 0.2) is 12.4 Å². The van der Waals surface area contributed by atoms with E-state index < -0.39 is 0 Å². The zero-order chi connectivity index (χ0) is 8.10. The predicted octanol–water partition coefficient (Wildman–Crippen LogP) is 0.828. The number of aryl methyl sites for hydroxylation is 1. The topological polar surface area (TPSA) is 38.0 Å². The summed E-state index contributed by atoms with van der Waals surface area (Å²) < 4.78 is 2.08. The van der Waals surface area contributed by atoms with E-state index in [1.807, 2.05) is 6.20 Å². The summed E-state index contributed by atoms with van der Waals surface area (Å²) >= 11 is 0. The molecular formula is C8H14N2O. The summed E-state index contributed by atoms with van der Waals surface area (Å²) in [7, 11) is 0. The van der Waals surface area contributed by atoms with Gasteiger partial charge in [0, 0.05) is 25.4 Å². The molecule has 0 saturated carbocycles. The van der Waals surface area contributed by atoms with Crippen molar-refractivity contribution >= 4 is 0 Å². The van der Waals surface area contributed by atoms with Crippen LogP contribution in [0.5, 0.6) is 0 Å². The standard InChI is InChI=1S/C8H14N2O/c1-2-5-10-6-4-9-8(10)3-7-11/h4,6,11H,2-3,5,7H2,1H3. The molecule has 1 rings (SSSR count). The first-order valence-corrected chi connectivity index (χ1v) is 3.99. The van der Waals surface area contributed by atoms with Crippen molar-refractivity contribution in [2.75, 3.05) is 6.61 Å². The quantitative estimate of drug-likeness (QED) is 0.697. The molecule has 3 heteroatoms. The SMILES string of the molecule is CCCn1ccnc1CCO. The molecule has 1 heterocycles. The lowest BCUT2D eigenvalue weighted by Gasteiger charge is -2.03. The second-order valence-corrected chi connectivity index (χ2v) is 2.51. The molecular weight excluding hydrogens is 140 g/mol. The van der Waals surface area contributed by atoms with E-state index in [2.05, 4.69) is 16.5 Å². The van der Waals surface area contributed by atoms with Crippen LogP contribution < -0.4 is 0 Å². The fourth-order valence-corrected chi connectivity index (χ4v) is 1.11. The third-order valence-electron chi connectivity index (χ3n) is 1.60. The van der Waals surface area contributed by atoms with Gasteiger partial charge in [-0.15, -0.1) is 0 Å². The summed E-state index contributed by atoms with van der Waals surface area (Å²) in [6.07, 6.45) is 5.50. The minimum atomic E-state index is 0.181. The van der Waals surface area contributed by atoms with Gasteiger partial charge >= 0.3 is 0 Å². The van der Waals surface area contributed by atoms with E-state index in [-0.39, 0.29) is 6.61 Å². The number of rotatable bonds is 4. The van der Waals surface area contributed by atoms with Crippen LogP contribution in [0, 0.1) is 0 Å². The molecule has 0 aromatic carbocycles. The molecule has 0 spiro atoms. The summed E-state index contributed by atoms with van der Waals surface area (Å²) in [5.41, 5.74) is 0. The van der Waals surface area contributed by atoms with Gasteiger partial charge in [0.15, 0.2) is 0 Å². The van der Waals surface area contributed by atoms with Crippen molar-refractivity contribution in [1.82, 2.24) is 9.55 Å². The Bertz CT molecular complexity index is 187. The normalized spacial score (nSPS) is 10.4. The van der Waals surface area contributed by atoms with Gasteiger partial charge in [-0.25, -0.2) is 4.98 Å². The first-order chi connectivity index (χ1) is 5.38. The van der Waals surface area contributed by atoms with Gasteiger partial charge in [-0.1, -0.05) is 6.92 Å². The summed E-state index contributed by atoms with van der Waals surface area (Å²) in [5.74, 6) is 0.981. The fraction of sp³-hybridized carbons (Fsp3) is 0.625. The lowest BCUT2D eigenvalue weighted by molar-refractivity contribution is 0.294. The van der Waals surface area contributed by atoms with Crippen LogP contribution in [-0.2, 0) is 13.0 Å². The van der Waals surface area contributed by atoms with Gasteiger partial charge < -0.3 is 9.67 Å². The molecule has 0 aliphatic rings. The molecule has 0 amide bonds. The second kappa shape index (κ2) is 4.13. The Balaban J connectivity index is 2.62. The lowest BCUT2D eigenvalue weighted by atomic mass is 10.4. The maximum absolute atomic E-state index is 8.68. The van der Waals surface area contributed by atoms with Crippen LogP contribution >= 0.6 is 0 Å². The molecule has 1 aromatic heterocycles. The molecule has 0 saturated heterocycles. The number of nitrogens with zero attached hydrogens (tertiary/aromatic N) is 2. The molecule has 0 fully saturated rings. The van der Waals surface area contributed by atoms with Crippen molar-refractivity contribution in [2.45, 2.75) is 26.3 Å². The minimum absolute atomic E-state index is 0.181. The highest BCUT2D eigenvalue weighted by molar-refractivity contribution is 4.92. The molecule has 62 valence electrons. The van der Waals surface area contributed by atoms with E-state index in [0.29, 0.717) is 6.42 Å². The highest BCUT2D eigenvalue weighted by atomic mass is 16.3. The summed E-state index contributed by atoms with van der Waals surface area (Å²) in [6.45, 7) is 3.30. The van der Waals surface area contributed by atoms with Crippen molar-refractivity contribution in [2.24, 2.45) is 0 Å². The number of aromatic nitrogens is 2. The number of imidazole rings is 1. The highest BCUT2D eigenvalue weighted by Crippen LogP contribution is 1.99. The number of hydrogen-bond donors (Lipinski definition) is 1. The van der Waals surface area contributed by atoms with Crippen LogP contribution in [-0.4, -0.2) is 21.3 Å². The maximum atomic E-state index is 8.68. The predicted molar refractivity (Wildman–Crippen MR) is 43.3 cm³/mol. The van der Waals surface area contributed by atoms with Gasteiger partial charge in [-0.2, -0.15) is 0 Å². The Morgan fingerprint density at radius 2 is 2.45 bits per heavy atom. The molecule has 0 radical (unpaired) electrons. The Morgan fingerprint density at radius 3 is 3.09 bits per heavy atom. The van der Waals surface area contributed by atoms with Gasteiger partial charge in [-0.05, 0) is 6.42 Å². The van der Waals surface area contributed by atoms with Crippen LogP contribution in [0.3, 0.4) is 0 Å². The number of hydrogen-bond acceptors (Lipinski definition) is 2. The van der Waals surface area contributed by atoms with E-state index in [1.54, 1.807) is 6.20 Å². The second-order valence-electron chi connectivity index (χ2n) is 2.51. The van der Waals surface area contributed by atoms with E-state index in [4.69, 9.17) is 5.11 Å². The third kappa shape index (κ3) is 2.05. The van der Waals surface area contributed by atoms with E-state index >= 15 is 0 Å². The molecule has 3 nitrogen and oxygen atoms in total. The Kier molecular flexibility index (Phi) is 3.11. The van der Waals surface area contributed by atoms with E-state index in [9.17, 15) is 0 Å². The summed E-state index contributed by atoms with van der Waals surface area (Å²) in [6, 6.07) is 0. The Labute approximate surface area is 66.7 Å². The van der Waals surface area contributed by atoms with Crippen molar-refractivity contribution in [3.8, 4) is 0 Å². The first kappa shape index (κ1) is 8.27.